The van der Waals surface area contributed by atoms with Gasteiger partial charge >= 0.3 is 0 Å². The number of rotatable bonds is 1. The van der Waals surface area contributed by atoms with E-state index in [1.165, 1.54) is 4.90 Å². The fraction of sp³-hybridized carbons (Fsp3) is 0.375. The molecular weight excluding hydrogens is 381 g/mol. The van der Waals surface area contributed by atoms with Crippen LogP contribution in [0.1, 0.15) is 13.8 Å². The third-order valence-corrected chi connectivity index (χ3v) is 5.53. The molecule has 2 fully saturated rings. The van der Waals surface area contributed by atoms with Gasteiger partial charge in [0.25, 0.3) is 0 Å². The zero-order valence-corrected chi connectivity index (χ0v) is 13.8. The van der Waals surface area contributed by atoms with Gasteiger partial charge in [0.1, 0.15) is 0 Å². The summed E-state index contributed by atoms with van der Waals surface area (Å²) < 4.78 is 7.05. The minimum atomic E-state index is -0.663. The van der Waals surface area contributed by atoms with Crippen molar-refractivity contribution in [1.82, 2.24) is 0 Å². The van der Waals surface area contributed by atoms with Gasteiger partial charge in [-0.1, -0.05) is 12.2 Å². The lowest BCUT2D eigenvalue weighted by Gasteiger charge is -2.25. The molecule has 0 N–H and O–H groups in total. The minimum absolute atomic E-state index is 0.151. The maximum atomic E-state index is 12.8. The fourth-order valence-electron chi connectivity index (χ4n) is 3.88. The van der Waals surface area contributed by atoms with E-state index in [0.717, 1.165) is 3.57 Å². The number of anilines is 1. The van der Waals surface area contributed by atoms with Crippen molar-refractivity contribution in [2.45, 2.75) is 25.0 Å². The maximum Gasteiger partial charge on any atom is 0.241 e. The van der Waals surface area contributed by atoms with E-state index in [2.05, 4.69) is 22.6 Å². The van der Waals surface area contributed by atoms with Crippen LogP contribution in [-0.2, 0) is 14.3 Å². The van der Waals surface area contributed by atoms with Crippen LogP contribution in [0.3, 0.4) is 0 Å². The standard InChI is InChI=1S/C16H14INO3/c1-15-7-8-16(2,21-15)12-11(15)13(19)18(14(12)20)10-5-3-9(17)4-6-10/h3-8,11-12H,1-2H3/t11-,12+,15+,16-. The monoisotopic (exact) mass is 395 g/mol. The number of carbonyl (C=O) groups excluding carboxylic acids is 2. The average Bonchev–Trinajstić information content (AvgIpc) is 2.97. The van der Waals surface area contributed by atoms with E-state index < -0.39 is 23.0 Å². The third kappa shape index (κ3) is 1.59. The summed E-state index contributed by atoms with van der Waals surface area (Å²) in [5.74, 6) is -1.14. The van der Waals surface area contributed by atoms with Crippen molar-refractivity contribution in [3.05, 3.63) is 40.0 Å². The van der Waals surface area contributed by atoms with Gasteiger partial charge < -0.3 is 4.74 Å². The van der Waals surface area contributed by atoms with Crippen LogP contribution in [0.25, 0.3) is 0 Å². The number of carbonyl (C=O) groups is 2. The molecule has 0 unspecified atom stereocenters. The molecule has 4 rings (SSSR count). The summed E-state index contributed by atoms with van der Waals surface area (Å²) >= 11 is 2.20. The van der Waals surface area contributed by atoms with Crippen molar-refractivity contribution in [3.8, 4) is 0 Å². The molecule has 21 heavy (non-hydrogen) atoms. The van der Waals surface area contributed by atoms with Crippen molar-refractivity contribution in [2.75, 3.05) is 4.90 Å². The van der Waals surface area contributed by atoms with Crippen molar-refractivity contribution in [2.24, 2.45) is 11.8 Å². The first kappa shape index (κ1) is 13.5. The number of halogens is 1. The van der Waals surface area contributed by atoms with Crippen LogP contribution in [0.5, 0.6) is 0 Å². The Balaban J connectivity index is 1.80. The van der Waals surface area contributed by atoms with E-state index in [9.17, 15) is 9.59 Å². The first-order valence-electron chi connectivity index (χ1n) is 6.90. The van der Waals surface area contributed by atoms with Crippen molar-refractivity contribution >= 4 is 40.1 Å². The van der Waals surface area contributed by atoms with Crippen molar-refractivity contribution in [3.63, 3.8) is 0 Å². The lowest BCUT2D eigenvalue weighted by Crippen LogP contribution is -2.39. The summed E-state index contributed by atoms with van der Waals surface area (Å²) in [6.07, 6.45) is 3.85. The predicted molar refractivity (Wildman–Crippen MR) is 85.7 cm³/mol. The molecule has 0 spiro atoms. The number of imide groups is 1. The topological polar surface area (TPSA) is 46.6 Å². The summed E-state index contributed by atoms with van der Waals surface area (Å²) in [4.78, 5) is 26.9. The number of amides is 2. The van der Waals surface area contributed by atoms with Gasteiger partial charge in [-0.05, 0) is 60.7 Å². The summed E-state index contributed by atoms with van der Waals surface area (Å²) in [7, 11) is 0. The Kier molecular flexibility index (Phi) is 2.53. The summed E-state index contributed by atoms with van der Waals surface area (Å²) in [5.41, 5.74) is -0.680. The molecule has 2 amide bonds. The molecule has 2 saturated heterocycles. The summed E-state index contributed by atoms with van der Waals surface area (Å²) in [6.45, 7) is 3.78. The Morgan fingerprint density at radius 2 is 1.48 bits per heavy atom. The summed E-state index contributed by atoms with van der Waals surface area (Å²) in [5, 5.41) is 0. The number of fused-ring (bicyclic) bond motifs is 5. The van der Waals surface area contributed by atoms with Crippen LogP contribution in [0, 0.1) is 15.4 Å². The second-order valence-electron chi connectivity index (χ2n) is 6.25. The molecule has 3 heterocycles. The Labute approximate surface area is 136 Å². The molecule has 1 aromatic carbocycles. The Hall–Kier alpha value is -1.21. The molecule has 0 radical (unpaired) electrons. The van der Waals surface area contributed by atoms with Crippen LogP contribution in [0.4, 0.5) is 5.69 Å². The van der Waals surface area contributed by atoms with Gasteiger partial charge in [0.05, 0.1) is 28.7 Å². The maximum absolute atomic E-state index is 12.8. The van der Waals surface area contributed by atoms with E-state index in [-0.39, 0.29) is 11.8 Å². The third-order valence-electron chi connectivity index (χ3n) is 4.81. The van der Waals surface area contributed by atoms with Gasteiger partial charge in [-0.15, -0.1) is 0 Å². The normalized spacial score (nSPS) is 40.2. The zero-order valence-electron chi connectivity index (χ0n) is 11.7. The SMILES string of the molecule is C[C@]12C=C[C@](C)(O1)[C@H]1C(=O)N(c3ccc(I)cc3)C(=O)[C@H]12. The average molecular weight is 395 g/mol. The molecular formula is C16H14INO3. The largest absolute Gasteiger partial charge is 0.359 e. The van der Waals surface area contributed by atoms with Crippen LogP contribution >= 0.6 is 22.6 Å². The van der Waals surface area contributed by atoms with E-state index in [1.54, 1.807) is 0 Å². The molecule has 0 aromatic heterocycles. The van der Waals surface area contributed by atoms with E-state index in [4.69, 9.17) is 4.74 Å². The second kappa shape index (κ2) is 3.95. The quantitative estimate of drug-likeness (QED) is 0.417. The van der Waals surface area contributed by atoms with E-state index in [1.807, 2.05) is 50.3 Å². The number of benzene rings is 1. The highest BCUT2D eigenvalue weighted by atomic mass is 127. The van der Waals surface area contributed by atoms with Gasteiger partial charge in [0, 0.05) is 3.57 Å². The highest BCUT2D eigenvalue weighted by Crippen LogP contribution is 2.57. The first-order chi connectivity index (χ1) is 9.86. The molecule has 3 aliphatic rings. The number of hydrogen-bond donors (Lipinski definition) is 0. The van der Waals surface area contributed by atoms with Crippen LogP contribution < -0.4 is 4.90 Å². The Bertz CT molecular complexity index is 662. The number of nitrogens with zero attached hydrogens (tertiary/aromatic N) is 1. The fourth-order valence-corrected chi connectivity index (χ4v) is 4.24. The molecule has 3 aliphatic heterocycles. The van der Waals surface area contributed by atoms with Gasteiger partial charge in [-0.3, -0.25) is 9.59 Å². The van der Waals surface area contributed by atoms with Crippen LogP contribution in [0.2, 0.25) is 0 Å². The first-order valence-corrected chi connectivity index (χ1v) is 7.98. The Morgan fingerprint density at radius 1 is 1.00 bits per heavy atom. The predicted octanol–water partition coefficient (Wildman–Crippen LogP) is 2.51. The molecule has 0 aliphatic carbocycles. The lowest BCUT2D eigenvalue weighted by atomic mass is 9.73. The van der Waals surface area contributed by atoms with Gasteiger partial charge in [0.15, 0.2) is 0 Å². The highest BCUT2D eigenvalue weighted by Gasteiger charge is 2.70. The van der Waals surface area contributed by atoms with E-state index >= 15 is 0 Å². The van der Waals surface area contributed by atoms with E-state index in [0.29, 0.717) is 5.69 Å². The number of hydrogen-bond acceptors (Lipinski definition) is 3. The Morgan fingerprint density at radius 3 is 1.95 bits per heavy atom. The molecule has 0 saturated carbocycles. The second-order valence-corrected chi connectivity index (χ2v) is 7.49. The lowest BCUT2D eigenvalue weighted by molar-refractivity contribution is -0.128. The molecule has 108 valence electrons. The van der Waals surface area contributed by atoms with Crippen molar-refractivity contribution < 1.29 is 14.3 Å². The van der Waals surface area contributed by atoms with Crippen molar-refractivity contribution in [1.29, 1.82) is 0 Å². The smallest absolute Gasteiger partial charge is 0.241 e. The highest BCUT2D eigenvalue weighted by molar-refractivity contribution is 14.1. The zero-order chi connectivity index (χ0) is 15.0. The van der Waals surface area contributed by atoms with Gasteiger partial charge in [0.2, 0.25) is 11.8 Å². The molecule has 1 aromatic rings. The molecule has 4 nitrogen and oxygen atoms in total. The van der Waals surface area contributed by atoms with Gasteiger partial charge in [-0.2, -0.15) is 0 Å². The minimum Gasteiger partial charge on any atom is -0.359 e. The summed E-state index contributed by atoms with van der Waals surface area (Å²) in [6, 6.07) is 7.44. The van der Waals surface area contributed by atoms with Crippen LogP contribution in [-0.4, -0.2) is 23.0 Å². The molecule has 4 atom stereocenters. The van der Waals surface area contributed by atoms with Crippen LogP contribution in [0.15, 0.2) is 36.4 Å². The molecule has 5 heteroatoms. The molecule has 2 bridgehead atoms. The number of ether oxygens (including phenoxy) is 1. The van der Waals surface area contributed by atoms with Gasteiger partial charge in [-0.25, -0.2) is 4.90 Å².